The number of hydrogen-bond acceptors (Lipinski definition) is 3. The fourth-order valence-electron chi connectivity index (χ4n) is 2.56. The van der Waals surface area contributed by atoms with Crippen molar-refractivity contribution in [1.29, 1.82) is 0 Å². The van der Waals surface area contributed by atoms with Crippen LogP contribution < -0.4 is 5.73 Å². The van der Waals surface area contributed by atoms with Gasteiger partial charge in [0.2, 0.25) is 0 Å². The van der Waals surface area contributed by atoms with Crippen LogP contribution in [0.15, 0.2) is 0 Å². The molecule has 2 heterocycles. The van der Waals surface area contributed by atoms with E-state index < -0.39 is 0 Å². The lowest BCUT2D eigenvalue weighted by atomic mass is 10.0. The third kappa shape index (κ3) is 1.95. The lowest BCUT2D eigenvalue weighted by molar-refractivity contribution is 0.0127. The molecule has 0 aromatic rings. The Morgan fingerprint density at radius 2 is 1.86 bits per heavy atom. The molecule has 2 aliphatic heterocycles. The smallest absolute Gasteiger partial charge is 0.0636 e. The van der Waals surface area contributed by atoms with E-state index in [-0.39, 0.29) is 0 Å². The Labute approximate surface area is 86.6 Å². The van der Waals surface area contributed by atoms with E-state index in [9.17, 15) is 0 Å². The molecule has 0 amide bonds. The second-order valence-electron chi connectivity index (χ2n) is 5.00. The molecule has 14 heavy (non-hydrogen) atoms. The van der Waals surface area contributed by atoms with Gasteiger partial charge in [0, 0.05) is 31.8 Å². The monoisotopic (exact) mass is 198 g/mol. The minimum Gasteiger partial charge on any atom is -0.380 e. The second-order valence-corrected chi connectivity index (χ2v) is 5.00. The van der Waals surface area contributed by atoms with Crippen LogP contribution in [-0.4, -0.2) is 43.3 Å². The van der Waals surface area contributed by atoms with Crippen LogP contribution in [0.3, 0.4) is 0 Å². The van der Waals surface area contributed by atoms with Gasteiger partial charge in [-0.3, -0.25) is 4.90 Å². The standard InChI is InChI=1S/C11H22N2O/c1-8-5-13(6-9(8)2)11-7-14-4-3-10(11)12/h8-11H,3-7,12H2,1-2H3. The molecule has 0 aromatic heterocycles. The van der Waals surface area contributed by atoms with Crippen molar-refractivity contribution in [2.45, 2.75) is 32.4 Å². The second kappa shape index (κ2) is 4.17. The zero-order chi connectivity index (χ0) is 10.1. The largest absolute Gasteiger partial charge is 0.380 e. The number of likely N-dealkylation sites (tertiary alicyclic amines) is 1. The first kappa shape index (κ1) is 10.4. The maximum atomic E-state index is 6.13. The molecular weight excluding hydrogens is 176 g/mol. The highest BCUT2D eigenvalue weighted by molar-refractivity contribution is 4.90. The van der Waals surface area contributed by atoms with E-state index in [0.29, 0.717) is 12.1 Å². The minimum atomic E-state index is 0.321. The Morgan fingerprint density at radius 3 is 2.43 bits per heavy atom. The molecule has 82 valence electrons. The molecule has 0 saturated carbocycles. The summed E-state index contributed by atoms with van der Waals surface area (Å²) in [5.41, 5.74) is 6.13. The van der Waals surface area contributed by atoms with Crippen LogP contribution in [0.1, 0.15) is 20.3 Å². The van der Waals surface area contributed by atoms with E-state index in [1.54, 1.807) is 0 Å². The van der Waals surface area contributed by atoms with E-state index in [0.717, 1.165) is 31.5 Å². The van der Waals surface area contributed by atoms with Gasteiger partial charge in [-0.25, -0.2) is 0 Å². The van der Waals surface area contributed by atoms with Crippen molar-refractivity contribution in [2.75, 3.05) is 26.3 Å². The SMILES string of the molecule is CC1CN(C2COCCC2N)CC1C. The van der Waals surface area contributed by atoms with Crippen LogP contribution in [0.25, 0.3) is 0 Å². The van der Waals surface area contributed by atoms with E-state index in [2.05, 4.69) is 18.7 Å². The van der Waals surface area contributed by atoms with Crippen molar-refractivity contribution in [3.8, 4) is 0 Å². The number of nitrogens with two attached hydrogens (primary N) is 1. The van der Waals surface area contributed by atoms with Gasteiger partial charge in [0.15, 0.2) is 0 Å². The van der Waals surface area contributed by atoms with Crippen molar-refractivity contribution in [3.63, 3.8) is 0 Å². The molecule has 0 aliphatic carbocycles. The summed E-state index contributed by atoms with van der Waals surface area (Å²) in [5, 5.41) is 0. The maximum absolute atomic E-state index is 6.13. The molecule has 0 radical (unpaired) electrons. The summed E-state index contributed by atoms with van der Waals surface area (Å²) >= 11 is 0. The van der Waals surface area contributed by atoms with Crippen LogP contribution in [0.2, 0.25) is 0 Å². The fourth-order valence-corrected chi connectivity index (χ4v) is 2.56. The van der Waals surface area contributed by atoms with Crippen LogP contribution in [0, 0.1) is 11.8 Å². The first-order valence-corrected chi connectivity index (χ1v) is 5.76. The van der Waals surface area contributed by atoms with Crippen molar-refractivity contribution < 1.29 is 4.74 Å². The number of ether oxygens (including phenoxy) is 1. The van der Waals surface area contributed by atoms with Gasteiger partial charge in [-0.1, -0.05) is 13.8 Å². The van der Waals surface area contributed by atoms with Gasteiger partial charge in [-0.2, -0.15) is 0 Å². The Morgan fingerprint density at radius 1 is 1.21 bits per heavy atom. The highest BCUT2D eigenvalue weighted by Crippen LogP contribution is 2.26. The third-order valence-corrected chi connectivity index (χ3v) is 3.86. The van der Waals surface area contributed by atoms with Crippen LogP contribution in [-0.2, 0) is 4.74 Å². The average Bonchev–Trinajstić information content (AvgIpc) is 2.48. The molecule has 0 spiro atoms. The molecule has 2 aliphatic rings. The molecule has 2 rings (SSSR count). The fraction of sp³-hybridized carbons (Fsp3) is 1.00. The molecular formula is C11H22N2O. The van der Waals surface area contributed by atoms with Crippen LogP contribution in [0.5, 0.6) is 0 Å². The van der Waals surface area contributed by atoms with Gasteiger partial charge < -0.3 is 10.5 Å². The van der Waals surface area contributed by atoms with E-state index in [1.807, 2.05) is 0 Å². The molecule has 2 fully saturated rings. The summed E-state index contributed by atoms with van der Waals surface area (Å²) in [5.74, 6) is 1.62. The summed E-state index contributed by atoms with van der Waals surface area (Å²) < 4.78 is 5.51. The normalized spacial score (nSPS) is 45.6. The van der Waals surface area contributed by atoms with Gasteiger partial charge in [-0.15, -0.1) is 0 Å². The molecule has 4 unspecified atom stereocenters. The lowest BCUT2D eigenvalue weighted by Gasteiger charge is -2.35. The molecule has 3 nitrogen and oxygen atoms in total. The molecule has 3 heteroatoms. The Bertz CT molecular complexity index is 188. The molecule has 0 aromatic carbocycles. The van der Waals surface area contributed by atoms with Crippen LogP contribution in [0.4, 0.5) is 0 Å². The Kier molecular flexibility index (Phi) is 3.10. The van der Waals surface area contributed by atoms with Crippen molar-refractivity contribution in [2.24, 2.45) is 17.6 Å². The van der Waals surface area contributed by atoms with E-state index >= 15 is 0 Å². The number of hydrogen-bond donors (Lipinski definition) is 1. The molecule has 2 N–H and O–H groups in total. The van der Waals surface area contributed by atoms with E-state index in [1.165, 1.54) is 13.1 Å². The topological polar surface area (TPSA) is 38.5 Å². The quantitative estimate of drug-likeness (QED) is 0.674. The zero-order valence-corrected chi connectivity index (χ0v) is 9.28. The van der Waals surface area contributed by atoms with Gasteiger partial charge in [0.1, 0.15) is 0 Å². The number of rotatable bonds is 1. The Balaban J connectivity index is 1.94. The van der Waals surface area contributed by atoms with Crippen molar-refractivity contribution in [3.05, 3.63) is 0 Å². The highest BCUT2D eigenvalue weighted by Gasteiger charge is 2.35. The molecule has 2 saturated heterocycles. The zero-order valence-electron chi connectivity index (χ0n) is 9.28. The minimum absolute atomic E-state index is 0.321. The van der Waals surface area contributed by atoms with Gasteiger partial charge in [-0.05, 0) is 18.3 Å². The first-order chi connectivity index (χ1) is 6.68. The average molecular weight is 198 g/mol. The summed E-state index contributed by atoms with van der Waals surface area (Å²) in [6, 6.07) is 0.789. The Hall–Kier alpha value is -0.120. The molecule has 4 atom stereocenters. The van der Waals surface area contributed by atoms with Gasteiger partial charge >= 0.3 is 0 Å². The first-order valence-electron chi connectivity index (χ1n) is 5.76. The van der Waals surface area contributed by atoms with E-state index in [4.69, 9.17) is 10.5 Å². The predicted octanol–water partition coefficient (Wildman–Crippen LogP) is 0.690. The lowest BCUT2D eigenvalue weighted by Crippen LogP contribution is -2.52. The van der Waals surface area contributed by atoms with Crippen molar-refractivity contribution in [1.82, 2.24) is 4.90 Å². The highest BCUT2D eigenvalue weighted by atomic mass is 16.5. The van der Waals surface area contributed by atoms with Crippen molar-refractivity contribution >= 4 is 0 Å². The summed E-state index contributed by atoms with van der Waals surface area (Å²) in [6.07, 6.45) is 1.02. The number of nitrogens with zero attached hydrogens (tertiary/aromatic N) is 1. The third-order valence-electron chi connectivity index (χ3n) is 3.86. The van der Waals surface area contributed by atoms with Gasteiger partial charge in [0.25, 0.3) is 0 Å². The van der Waals surface area contributed by atoms with Gasteiger partial charge in [0.05, 0.1) is 6.61 Å². The summed E-state index contributed by atoms with van der Waals surface area (Å²) in [6.45, 7) is 8.74. The maximum Gasteiger partial charge on any atom is 0.0636 e. The summed E-state index contributed by atoms with van der Waals surface area (Å²) in [7, 11) is 0. The summed E-state index contributed by atoms with van der Waals surface area (Å²) in [4.78, 5) is 2.53. The predicted molar refractivity (Wildman–Crippen MR) is 57.1 cm³/mol. The molecule has 0 bridgehead atoms. The van der Waals surface area contributed by atoms with Crippen LogP contribution >= 0.6 is 0 Å².